The molecule has 1 aromatic rings. The van der Waals surface area contributed by atoms with Crippen molar-refractivity contribution in [3.8, 4) is 0 Å². The maximum Gasteiger partial charge on any atom is 0.141 e. The Kier molecular flexibility index (Phi) is 7.00. The van der Waals surface area contributed by atoms with Crippen LogP contribution in [0.4, 0.5) is 4.39 Å². The molecular formula is C13H19ClFNOS. The van der Waals surface area contributed by atoms with E-state index >= 15 is 0 Å². The lowest BCUT2D eigenvalue weighted by atomic mass is 10.1. The van der Waals surface area contributed by atoms with Crippen molar-refractivity contribution in [1.29, 1.82) is 0 Å². The number of halogens is 2. The molecule has 0 fully saturated rings. The topological polar surface area (TPSA) is 32.3 Å². The Morgan fingerprint density at radius 1 is 1.50 bits per heavy atom. The van der Waals surface area contributed by atoms with Gasteiger partial charge in [-0.3, -0.25) is 0 Å². The average Bonchev–Trinajstić information content (AvgIpc) is 2.33. The number of nitrogens with one attached hydrogen (secondary N) is 1. The third kappa shape index (κ3) is 4.76. The summed E-state index contributed by atoms with van der Waals surface area (Å²) in [6.45, 7) is 2.17. The molecule has 102 valence electrons. The maximum absolute atomic E-state index is 13.1. The minimum atomic E-state index is -0.399. The number of hydrogen-bond donors (Lipinski definition) is 2. The van der Waals surface area contributed by atoms with E-state index in [9.17, 15) is 4.39 Å². The molecule has 0 radical (unpaired) electrons. The molecule has 0 bridgehead atoms. The summed E-state index contributed by atoms with van der Waals surface area (Å²) in [5, 5.41) is 12.6. The molecule has 0 heterocycles. The van der Waals surface area contributed by atoms with Crippen molar-refractivity contribution in [3.05, 3.63) is 34.6 Å². The van der Waals surface area contributed by atoms with Gasteiger partial charge in [0.25, 0.3) is 0 Å². The van der Waals surface area contributed by atoms with Gasteiger partial charge in [0.15, 0.2) is 0 Å². The van der Waals surface area contributed by atoms with Gasteiger partial charge in [0.05, 0.1) is 5.02 Å². The summed E-state index contributed by atoms with van der Waals surface area (Å²) >= 11 is 7.50. The van der Waals surface area contributed by atoms with Gasteiger partial charge < -0.3 is 10.4 Å². The van der Waals surface area contributed by atoms with Crippen LogP contribution in [0.3, 0.4) is 0 Å². The highest BCUT2D eigenvalue weighted by Gasteiger charge is 2.13. The zero-order valence-corrected chi connectivity index (χ0v) is 12.2. The van der Waals surface area contributed by atoms with Crippen LogP contribution in [0.1, 0.15) is 24.9 Å². The first-order chi connectivity index (χ1) is 8.58. The number of thioether (sulfide) groups is 1. The van der Waals surface area contributed by atoms with Gasteiger partial charge >= 0.3 is 0 Å². The predicted molar refractivity (Wildman–Crippen MR) is 76.8 cm³/mol. The van der Waals surface area contributed by atoms with E-state index in [2.05, 4.69) is 5.32 Å². The maximum atomic E-state index is 13.1. The molecule has 0 aliphatic rings. The van der Waals surface area contributed by atoms with Crippen molar-refractivity contribution in [2.45, 2.75) is 25.4 Å². The molecule has 5 heteroatoms. The van der Waals surface area contributed by atoms with Crippen molar-refractivity contribution in [3.63, 3.8) is 0 Å². The zero-order valence-electron chi connectivity index (χ0n) is 10.6. The molecule has 0 aliphatic carbocycles. The molecule has 0 saturated heterocycles. The van der Waals surface area contributed by atoms with E-state index in [1.807, 2.05) is 13.2 Å². The standard InChI is InChI=1S/C13H19ClFNOS/c1-9(16-11(5-6-17)8-18-2)10-3-4-13(15)12(14)7-10/h3-4,7,9,11,16-17H,5-6,8H2,1-2H3. The van der Waals surface area contributed by atoms with Crippen LogP contribution < -0.4 is 5.32 Å². The van der Waals surface area contributed by atoms with Crippen molar-refractivity contribution in [2.75, 3.05) is 18.6 Å². The molecule has 2 unspecified atom stereocenters. The largest absolute Gasteiger partial charge is 0.396 e. The fourth-order valence-corrected chi connectivity index (χ4v) is 2.66. The Labute approximate surface area is 117 Å². The van der Waals surface area contributed by atoms with Gasteiger partial charge in [0.2, 0.25) is 0 Å². The molecule has 2 N–H and O–H groups in total. The number of hydrogen-bond acceptors (Lipinski definition) is 3. The third-order valence-corrected chi connectivity index (χ3v) is 3.80. The van der Waals surface area contributed by atoms with Gasteiger partial charge in [-0.2, -0.15) is 11.8 Å². The second-order valence-corrected chi connectivity index (χ2v) is 5.54. The SMILES string of the molecule is CSCC(CCO)NC(C)c1ccc(F)c(Cl)c1. The van der Waals surface area contributed by atoms with Crippen LogP contribution in [0.25, 0.3) is 0 Å². The molecule has 0 aliphatic heterocycles. The predicted octanol–water partition coefficient (Wildman–Crippen LogP) is 3.24. The summed E-state index contributed by atoms with van der Waals surface area (Å²) in [6, 6.07) is 5.07. The highest BCUT2D eigenvalue weighted by Crippen LogP contribution is 2.21. The molecular weight excluding hydrogens is 273 g/mol. The number of benzene rings is 1. The highest BCUT2D eigenvalue weighted by atomic mass is 35.5. The van der Waals surface area contributed by atoms with Gasteiger partial charge in [-0.25, -0.2) is 4.39 Å². The molecule has 2 nitrogen and oxygen atoms in total. The Balaban J connectivity index is 2.67. The van der Waals surface area contributed by atoms with E-state index < -0.39 is 5.82 Å². The van der Waals surface area contributed by atoms with Crippen LogP contribution in [0.15, 0.2) is 18.2 Å². The summed E-state index contributed by atoms with van der Waals surface area (Å²) in [7, 11) is 0. The first-order valence-electron chi connectivity index (χ1n) is 5.89. The van der Waals surface area contributed by atoms with Crippen molar-refractivity contribution < 1.29 is 9.50 Å². The van der Waals surface area contributed by atoms with Gasteiger partial charge in [-0.05, 0) is 37.3 Å². The van der Waals surface area contributed by atoms with Crippen molar-refractivity contribution >= 4 is 23.4 Å². The third-order valence-electron chi connectivity index (χ3n) is 2.77. The summed E-state index contributed by atoms with van der Waals surface area (Å²) < 4.78 is 13.1. The van der Waals surface area contributed by atoms with Crippen LogP contribution in [-0.2, 0) is 0 Å². The molecule has 0 aromatic heterocycles. The van der Waals surface area contributed by atoms with Crippen LogP contribution >= 0.6 is 23.4 Å². The van der Waals surface area contributed by atoms with Crippen LogP contribution in [0, 0.1) is 5.82 Å². The van der Waals surface area contributed by atoms with E-state index in [0.29, 0.717) is 6.42 Å². The zero-order chi connectivity index (χ0) is 13.5. The Hall–Kier alpha value is -0.290. The smallest absolute Gasteiger partial charge is 0.141 e. The molecule has 18 heavy (non-hydrogen) atoms. The van der Waals surface area contributed by atoms with Crippen LogP contribution in [0.5, 0.6) is 0 Å². The highest BCUT2D eigenvalue weighted by molar-refractivity contribution is 7.98. The lowest BCUT2D eigenvalue weighted by molar-refractivity contribution is 0.265. The fraction of sp³-hybridized carbons (Fsp3) is 0.538. The lowest BCUT2D eigenvalue weighted by Crippen LogP contribution is -2.34. The second-order valence-electron chi connectivity index (χ2n) is 4.23. The molecule has 0 saturated carbocycles. The molecule has 2 atom stereocenters. The summed E-state index contributed by atoms with van der Waals surface area (Å²) in [4.78, 5) is 0. The van der Waals surface area contributed by atoms with Gasteiger partial charge in [0, 0.05) is 24.4 Å². The molecule has 0 spiro atoms. The first-order valence-corrected chi connectivity index (χ1v) is 7.66. The second kappa shape index (κ2) is 8.00. The van der Waals surface area contributed by atoms with E-state index in [0.717, 1.165) is 11.3 Å². The monoisotopic (exact) mass is 291 g/mol. The summed E-state index contributed by atoms with van der Waals surface area (Å²) in [5.41, 5.74) is 0.949. The van der Waals surface area contributed by atoms with Gasteiger partial charge in [-0.15, -0.1) is 0 Å². The number of rotatable bonds is 7. The summed E-state index contributed by atoms with van der Waals surface area (Å²) in [5.74, 6) is 0.531. The molecule has 1 rings (SSSR count). The van der Waals surface area contributed by atoms with Crippen LogP contribution in [0.2, 0.25) is 5.02 Å². The van der Waals surface area contributed by atoms with E-state index in [1.54, 1.807) is 23.9 Å². The minimum absolute atomic E-state index is 0.0757. The summed E-state index contributed by atoms with van der Waals surface area (Å²) in [6.07, 6.45) is 2.74. The van der Waals surface area contributed by atoms with Gasteiger partial charge in [-0.1, -0.05) is 17.7 Å². The van der Waals surface area contributed by atoms with Gasteiger partial charge in [0.1, 0.15) is 5.82 Å². The normalized spacial score (nSPS) is 14.5. The van der Waals surface area contributed by atoms with Crippen molar-refractivity contribution in [1.82, 2.24) is 5.32 Å². The van der Waals surface area contributed by atoms with Crippen LogP contribution in [-0.4, -0.2) is 29.8 Å². The van der Waals surface area contributed by atoms with Crippen molar-refractivity contribution in [2.24, 2.45) is 0 Å². The number of aliphatic hydroxyl groups excluding tert-OH is 1. The lowest BCUT2D eigenvalue weighted by Gasteiger charge is -2.22. The quantitative estimate of drug-likeness (QED) is 0.809. The fourth-order valence-electron chi connectivity index (χ4n) is 1.80. The van der Waals surface area contributed by atoms with E-state index in [4.69, 9.17) is 16.7 Å². The number of aliphatic hydroxyl groups is 1. The van der Waals surface area contributed by atoms with E-state index in [1.165, 1.54) is 6.07 Å². The Bertz CT molecular complexity index is 372. The molecule has 0 amide bonds. The Morgan fingerprint density at radius 3 is 2.78 bits per heavy atom. The van der Waals surface area contributed by atoms with E-state index in [-0.39, 0.29) is 23.7 Å². The molecule has 1 aromatic carbocycles. The first kappa shape index (κ1) is 15.8. The minimum Gasteiger partial charge on any atom is -0.396 e. The average molecular weight is 292 g/mol. The Morgan fingerprint density at radius 2 is 2.22 bits per heavy atom.